The van der Waals surface area contributed by atoms with Gasteiger partial charge in [-0.3, -0.25) is 4.79 Å². The van der Waals surface area contributed by atoms with E-state index in [1.165, 1.54) is 0 Å². The van der Waals surface area contributed by atoms with Gasteiger partial charge in [0.1, 0.15) is 23.2 Å². The number of benzene rings is 3. The minimum atomic E-state index is -0.0259. The molecular weight excluding hydrogens is 504 g/mol. The van der Waals surface area contributed by atoms with Crippen LogP contribution < -0.4 is 4.74 Å². The van der Waals surface area contributed by atoms with Crippen LogP contribution in [0.2, 0.25) is 0 Å². The molecule has 0 N–H and O–H groups in total. The molecule has 0 bridgehead atoms. The van der Waals surface area contributed by atoms with E-state index in [1.54, 1.807) is 4.90 Å². The van der Waals surface area contributed by atoms with Crippen molar-refractivity contribution in [2.45, 2.75) is 32.7 Å². The number of para-hydroxylation sites is 1. The Kier molecular flexibility index (Phi) is 7.89. The first kappa shape index (κ1) is 24.6. The van der Waals surface area contributed by atoms with Crippen molar-refractivity contribution in [3.05, 3.63) is 88.1 Å². The topological polar surface area (TPSA) is 66.5 Å². The third-order valence-electron chi connectivity index (χ3n) is 5.92. The van der Waals surface area contributed by atoms with Gasteiger partial charge in [0.05, 0.1) is 10.0 Å². The summed E-state index contributed by atoms with van der Waals surface area (Å²) in [5.74, 6) is 1.38. The van der Waals surface area contributed by atoms with Crippen LogP contribution in [0.3, 0.4) is 0 Å². The number of fused-ring (bicyclic) bond motifs is 1. The molecule has 0 saturated carbocycles. The Morgan fingerprint density at radius 1 is 1.09 bits per heavy atom. The predicted octanol–water partition coefficient (Wildman–Crippen LogP) is 7.38. The molecule has 0 aliphatic carbocycles. The van der Waals surface area contributed by atoms with Gasteiger partial charge in [0.15, 0.2) is 6.61 Å². The third-order valence-corrected chi connectivity index (χ3v) is 6.54. The zero-order valence-corrected chi connectivity index (χ0v) is 21.5. The summed E-state index contributed by atoms with van der Waals surface area (Å²) in [5.41, 5.74) is 4.56. The molecule has 0 saturated heterocycles. The molecule has 6 heteroatoms. The zero-order chi connectivity index (χ0) is 24.8. The van der Waals surface area contributed by atoms with E-state index in [-0.39, 0.29) is 12.5 Å². The number of halogens is 1. The zero-order valence-electron chi connectivity index (χ0n) is 19.9. The molecule has 0 unspecified atom stereocenters. The normalized spacial score (nSPS) is 10.8. The minimum absolute atomic E-state index is 0.00753. The van der Waals surface area contributed by atoms with Gasteiger partial charge in [0.25, 0.3) is 5.91 Å². The van der Waals surface area contributed by atoms with E-state index in [1.807, 2.05) is 79.8 Å². The molecule has 5 nitrogen and oxygen atoms in total. The maximum atomic E-state index is 13.5. The Balaban J connectivity index is 1.50. The van der Waals surface area contributed by atoms with Crippen LogP contribution >= 0.6 is 15.9 Å². The number of aryl methyl sites for hydroxylation is 1. The first-order valence-corrected chi connectivity index (χ1v) is 12.5. The van der Waals surface area contributed by atoms with Gasteiger partial charge in [-0.2, -0.15) is 5.26 Å². The number of hydrogen-bond donors (Lipinski definition) is 0. The van der Waals surface area contributed by atoms with Crippen LogP contribution in [0.1, 0.15) is 41.4 Å². The van der Waals surface area contributed by atoms with Crippen LogP contribution in [0.25, 0.3) is 22.1 Å². The van der Waals surface area contributed by atoms with E-state index in [0.717, 1.165) is 57.2 Å². The second-order valence-electron chi connectivity index (χ2n) is 8.45. The van der Waals surface area contributed by atoms with Crippen molar-refractivity contribution >= 4 is 32.8 Å². The second kappa shape index (κ2) is 11.2. The quantitative estimate of drug-likeness (QED) is 0.226. The van der Waals surface area contributed by atoms with Crippen molar-refractivity contribution < 1.29 is 13.9 Å². The van der Waals surface area contributed by atoms with Crippen LogP contribution in [0, 0.1) is 11.3 Å². The summed E-state index contributed by atoms with van der Waals surface area (Å²) in [4.78, 5) is 15.2. The van der Waals surface area contributed by atoms with E-state index in [2.05, 4.69) is 22.9 Å². The Morgan fingerprint density at radius 2 is 1.83 bits per heavy atom. The molecular formula is C29H27BrN2O3. The fourth-order valence-corrected chi connectivity index (χ4v) is 4.58. The molecule has 1 amide bonds. The average Bonchev–Trinajstić information content (AvgIpc) is 3.25. The van der Waals surface area contributed by atoms with Crippen molar-refractivity contribution in [2.75, 3.05) is 13.7 Å². The highest BCUT2D eigenvalue weighted by molar-refractivity contribution is 9.10. The lowest BCUT2D eigenvalue weighted by molar-refractivity contribution is 0.0784. The van der Waals surface area contributed by atoms with Gasteiger partial charge in [-0.05, 0) is 57.2 Å². The van der Waals surface area contributed by atoms with E-state index >= 15 is 0 Å². The van der Waals surface area contributed by atoms with E-state index in [0.29, 0.717) is 17.9 Å². The lowest BCUT2D eigenvalue weighted by Gasteiger charge is -2.18. The molecule has 0 spiro atoms. The van der Waals surface area contributed by atoms with Gasteiger partial charge in [0.2, 0.25) is 0 Å². The number of furan rings is 1. The van der Waals surface area contributed by atoms with Gasteiger partial charge in [-0.1, -0.05) is 61.9 Å². The van der Waals surface area contributed by atoms with Gasteiger partial charge in [0, 0.05) is 25.4 Å². The standard InChI is InChI=1S/C29H27BrN2O3/c1-3-4-8-27-28(23-7-5-6-9-25(23)35-27)29(33)32(2)19-20-10-12-21(13-11-20)22-14-15-26(24(30)18-22)34-17-16-31/h5-7,9-15,18H,3-4,8,17,19H2,1-2H3. The number of amides is 1. The Hall–Kier alpha value is -3.56. The van der Waals surface area contributed by atoms with Crippen molar-refractivity contribution in [3.8, 4) is 22.9 Å². The van der Waals surface area contributed by atoms with E-state index < -0.39 is 0 Å². The number of hydrogen-bond acceptors (Lipinski definition) is 4. The predicted molar refractivity (Wildman–Crippen MR) is 141 cm³/mol. The highest BCUT2D eigenvalue weighted by Crippen LogP contribution is 2.32. The number of carbonyl (C=O) groups is 1. The molecule has 178 valence electrons. The SMILES string of the molecule is CCCCc1oc2ccccc2c1C(=O)N(C)Cc1ccc(-c2ccc(OCC#N)c(Br)c2)cc1. The van der Waals surface area contributed by atoms with Crippen molar-refractivity contribution in [3.63, 3.8) is 0 Å². The molecule has 3 aromatic carbocycles. The monoisotopic (exact) mass is 530 g/mol. The molecule has 4 aromatic rings. The molecule has 1 heterocycles. The van der Waals surface area contributed by atoms with Crippen LogP contribution in [0.5, 0.6) is 5.75 Å². The number of rotatable bonds is 9. The van der Waals surface area contributed by atoms with E-state index in [4.69, 9.17) is 14.4 Å². The first-order chi connectivity index (χ1) is 17.0. The molecule has 0 aliphatic rings. The molecule has 35 heavy (non-hydrogen) atoms. The Morgan fingerprint density at radius 3 is 2.54 bits per heavy atom. The summed E-state index contributed by atoms with van der Waals surface area (Å²) in [7, 11) is 1.83. The molecule has 0 aliphatic heterocycles. The summed E-state index contributed by atoms with van der Waals surface area (Å²) in [5, 5.41) is 9.58. The van der Waals surface area contributed by atoms with Gasteiger partial charge >= 0.3 is 0 Å². The van der Waals surface area contributed by atoms with Crippen molar-refractivity contribution in [2.24, 2.45) is 0 Å². The maximum Gasteiger partial charge on any atom is 0.258 e. The Bertz CT molecular complexity index is 1370. The molecule has 4 rings (SSSR count). The fourth-order valence-electron chi connectivity index (χ4n) is 4.09. The fraction of sp³-hybridized carbons (Fsp3) is 0.241. The highest BCUT2D eigenvalue weighted by atomic mass is 79.9. The maximum absolute atomic E-state index is 13.5. The number of carbonyl (C=O) groups excluding carboxylic acids is 1. The molecule has 0 fully saturated rings. The smallest absolute Gasteiger partial charge is 0.258 e. The summed E-state index contributed by atoms with van der Waals surface area (Å²) >= 11 is 3.51. The summed E-state index contributed by atoms with van der Waals surface area (Å²) in [6.45, 7) is 2.64. The second-order valence-corrected chi connectivity index (χ2v) is 9.30. The lowest BCUT2D eigenvalue weighted by atomic mass is 10.0. The van der Waals surface area contributed by atoms with Crippen molar-refractivity contribution in [1.82, 2.24) is 4.90 Å². The van der Waals surface area contributed by atoms with E-state index in [9.17, 15) is 4.79 Å². The first-order valence-electron chi connectivity index (χ1n) is 11.7. The molecule has 0 radical (unpaired) electrons. The van der Waals surface area contributed by atoms with Crippen LogP contribution in [-0.2, 0) is 13.0 Å². The van der Waals surface area contributed by atoms with Crippen LogP contribution in [0.4, 0.5) is 0 Å². The van der Waals surface area contributed by atoms with Crippen molar-refractivity contribution in [1.29, 1.82) is 5.26 Å². The van der Waals surface area contributed by atoms with Gasteiger partial charge in [-0.25, -0.2) is 0 Å². The number of unbranched alkanes of at least 4 members (excludes halogenated alkanes) is 1. The van der Waals surface area contributed by atoms with Gasteiger partial charge in [-0.15, -0.1) is 0 Å². The molecule has 0 atom stereocenters. The van der Waals surface area contributed by atoms with Gasteiger partial charge < -0.3 is 14.1 Å². The Labute approximate surface area is 214 Å². The average molecular weight is 531 g/mol. The third kappa shape index (κ3) is 5.58. The number of ether oxygens (including phenoxy) is 1. The minimum Gasteiger partial charge on any atom is -0.478 e. The summed E-state index contributed by atoms with van der Waals surface area (Å²) in [6.07, 6.45) is 2.77. The van der Waals surface area contributed by atoms with Crippen LogP contribution in [-0.4, -0.2) is 24.5 Å². The number of nitriles is 1. The van der Waals surface area contributed by atoms with Crippen LogP contribution in [0.15, 0.2) is 75.6 Å². The largest absolute Gasteiger partial charge is 0.478 e. The highest BCUT2D eigenvalue weighted by Gasteiger charge is 2.23. The molecule has 1 aromatic heterocycles. The lowest BCUT2D eigenvalue weighted by Crippen LogP contribution is -2.26. The number of nitrogens with zero attached hydrogens (tertiary/aromatic N) is 2. The summed E-state index contributed by atoms with van der Waals surface area (Å²) in [6, 6.07) is 23.7. The summed E-state index contributed by atoms with van der Waals surface area (Å²) < 4.78 is 12.2.